The second kappa shape index (κ2) is 8.99. The van der Waals surface area contributed by atoms with E-state index in [9.17, 15) is 0 Å². The van der Waals surface area contributed by atoms with Crippen LogP contribution in [0.2, 0.25) is 0 Å². The van der Waals surface area contributed by atoms with E-state index < -0.39 is 0 Å². The maximum atomic E-state index is 5.79. The molecule has 0 saturated carbocycles. The topological polar surface area (TPSA) is 48.1 Å². The molecule has 1 aromatic heterocycles. The molecule has 0 aliphatic rings. The average molecular weight is 280 g/mol. The van der Waals surface area contributed by atoms with E-state index >= 15 is 0 Å². The highest BCUT2D eigenvalue weighted by Crippen LogP contribution is 2.14. The first-order valence-electron chi connectivity index (χ1n) is 6.99. The van der Waals surface area contributed by atoms with Gasteiger partial charge in [-0.2, -0.15) is 0 Å². The third kappa shape index (κ3) is 6.12. The quantitative estimate of drug-likeness (QED) is 0.704. The Labute approximate surface area is 121 Å². The number of aromatic nitrogens is 1. The van der Waals surface area contributed by atoms with Gasteiger partial charge >= 0.3 is 0 Å². The van der Waals surface area contributed by atoms with Crippen LogP contribution in [-0.2, 0) is 11.3 Å². The number of rotatable bonds is 9. The Hall–Kier alpha value is -1.00. The molecule has 3 nitrogen and oxygen atoms in total. The molecule has 4 heteroatoms. The standard InChI is InChI=1S/C15H24N2OS/c1-3-5-6-12(4-2)10-18-11-13-7-8-17-14(9-13)15(16)19/h7-9,12H,3-6,10-11H2,1-2H3,(H2,16,19). The van der Waals surface area contributed by atoms with Crippen molar-refractivity contribution in [2.75, 3.05) is 6.61 Å². The van der Waals surface area contributed by atoms with Gasteiger partial charge in [0, 0.05) is 12.8 Å². The highest BCUT2D eigenvalue weighted by atomic mass is 32.1. The molecule has 1 heterocycles. The monoisotopic (exact) mass is 280 g/mol. The van der Waals surface area contributed by atoms with Crippen LogP contribution >= 0.6 is 12.2 Å². The number of hydrogen-bond acceptors (Lipinski definition) is 3. The van der Waals surface area contributed by atoms with Crippen LogP contribution in [0, 0.1) is 5.92 Å². The van der Waals surface area contributed by atoms with Crippen molar-refractivity contribution in [1.82, 2.24) is 4.98 Å². The lowest BCUT2D eigenvalue weighted by molar-refractivity contribution is 0.0819. The van der Waals surface area contributed by atoms with E-state index in [0.29, 0.717) is 23.2 Å². The third-order valence-corrected chi connectivity index (χ3v) is 3.45. The number of pyridine rings is 1. The predicted octanol–water partition coefficient (Wildman–Crippen LogP) is 3.45. The lowest BCUT2D eigenvalue weighted by atomic mass is 10.0. The average Bonchev–Trinajstić information content (AvgIpc) is 2.43. The minimum Gasteiger partial charge on any atom is -0.388 e. The maximum Gasteiger partial charge on any atom is 0.122 e. The van der Waals surface area contributed by atoms with Crippen molar-refractivity contribution in [1.29, 1.82) is 0 Å². The van der Waals surface area contributed by atoms with Gasteiger partial charge in [0.25, 0.3) is 0 Å². The normalized spacial score (nSPS) is 12.3. The summed E-state index contributed by atoms with van der Waals surface area (Å²) in [7, 11) is 0. The summed E-state index contributed by atoms with van der Waals surface area (Å²) in [5, 5.41) is 0. The molecule has 1 rings (SSSR count). The fraction of sp³-hybridized carbons (Fsp3) is 0.600. The van der Waals surface area contributed by atoms with E-state index in [1.165, 1.54) is 25.7 Å². The highest BCUT2D eigenvalue weighted by Gasteiger charge is 2.06. The molecule has 0 radical (unpaired) electrons. The Morgan fingerprint density at radius 2 is 2.26 bits per heavy atom. The summed E-state index contributed by atoms with van der Waals surface area (Å²) in [5.41, 5.74) is 7.30. The molecule has 1 aromatic rings. The molecule has 0 aliphatic heterocycles. The van der Waals surface area contributed by atoms with E-state index in [1.807, 2.05) is 12.1 Å². The molecule has 2 N–H and O–H groups in total. The van der Waals surface area contributed by atoms with E-state index in [2.05, 4.69) is 18.8 Å². The Morgan fingerprint density at radius 1 is 1.47 bits per heavy atom. The van der Waals surface area contributed by atoms with Crippen molar-refractivity contribution in [2.24, 2.45) is 11.7 Å². The molecule has 1 atom stereocenters. The Balaban J connectivity index is 2.39. The number of hydrogen-bond donors (Lipinski definition) is 1. The first-order valence-corrected chi connectivity index (χ1v) is 7.40. The summed E-state index contributed by atoms with van der Waals surface area (Å²) in [5.74, 6) is 0.664. The molecule has 0 saturated heterocycles. The van der Waals surface area contributed by atoms with Crippen LogP contribution in [0.4, 0.5) is 0 Å². The summed E-state index contributed by atoms with van der Waals surface area (Å²) in [6.07, 6.45) is 6.68. The van der Waals surface area contributed by atoms with E-state index in [0.717, 1.165) is 12.2 Å². The summed E-state index contributed by atoms with van der Waals surface area (Å²) in [6.45, 7) is 5.87. The van der Waals surface area contributed by atoms with Crippen LogP contribution in [0.15, 0.2) is 18.3 Å². The highest BCUT2D eigenvalue weighted by molar-refractivity contribution is 7.80. The fourth-order valence-electron chi connectivity index (χ4n) is 1.94. The second-order valence-electron chi connectivity index (χ2n) is 4.85. The second-order valence-corrected chi connectivity index (χ2v) is 5.29. The molecule has 0 aromatic carbocycles. The van der Waals surface area contributed by atoms with Crippen molar-refractivity contribution in [3.8, 4) is 0 Å². The number of nitrogens with two attached hydrogens (primary N) is 1. The van der Waals surface area contributed by atoms with Gasteiger partial charge in [-0.05, 0) is 30.0 Å². The Kier molecular flexibility index (Phi) is 7.60. The SMILES string of the molecule is CCCCC(CC)COCc1ccnc(C(N)=S)c1. The van der Waals surface area contributed by atoms with Gasteiger partial charge in [-0.1, -0.05) is 45.3 Å². The van der Waals surface area contributed by atoms with Crippen molar-refractivity contribution in [3.05, 3.63) is 29.6 Å². The van der Waals surface area contributed by atoms with Crippen LogP contribution in [-0.4, -0.2) is 16.6 Å². The fourth-order valence-corrected chi connectivity index (χ4v) is 2.05. The van der Waals surface area contributed by atoms with Gasteiger partial charge in [0.1, 0.15) is 4.99 Å². The molecule has 0 spiro atoms. The van der Waals surface area contributed by atoms with Gasteiger partial charge in [0.2, 0.25) is 0 Å². The van der Waals surface area contributed by atoms with Crippen LogP contribution in [0.1, 0.15) is 50.8 Å². The number of unbranched alkanes of at least 4 members (excludes halogenated alkanes) is 1. The zero-order chi connectivity index (χ0) is 14.1. The van der Waals surface area contributed by atoms with Gasteiger partial charge in [-0.25, -0.2) is 0 Å². The van der Waals surface area contributed by atoms with Crippen molar-refractivity contribution < 1.29 is 4.74 Å². The largest absolute Gasteiger partial charge is 0.388 e. The zero-order valence-corrected chi connectivity index (χ0v) is 12.7. The molecule has 0 amide bonds. The van der Waals surface area contributed by atoms with Crippen molar-refractivity contribution >= 4 is 17.2 Å². The lowest BCUT2D eigenvalue weighted by Gasteiger charge is -2.14. The number of nitrogens with zero attached hydrogens (tertiary/aromatic N) is 1. The summed E-state index contributed by atoms with van der Waals surface area (Å²) in [6, 6.07) is 3.84. The molecule has 0 bridgehead atoms. The van der Waals surface area contributed by atoms with Crippen LogP contribution < -0.4 is 5.73 Å². The zero-order valence-electron chi connectivity index (χ0n) is 11.9. The summed E-state index contributed by atoms with van der Waals surface area (Å²) < 4.78 is 5.79. The summed E-state index contributed by atoms with van der Waals surface area (Å²) >= 11 is 4.92. The molecule has 1 unspecified atom stereocenters. The van der Waals surface area contributed by atoms with E-state index in [4.69, 9.17) is 22.7 Å². The van der Waals surface area contributed by atoms with Gasteiger partial charge in [-0.15, -0.1) is 0 Å². The first-order chi connectivity index (χ1) is 9.17. The summed E-state index contributed by atoms with van der Waals surface area (Å²) in [4.78, 5) is 4.45. The molecule has 106 valence electrons. The van der Waals surface area contributed by atoms with Gasteiger partial charge in [0.05, 0.1) is 12.3 Å². The maximum absolute atomic E-state index is 5.79. The first kappa shape index (κ1) is 16.1. The minimum atomic E-state index is 0.330. The minimum absolute atomic E-state index is 0.330. The van der Waals surface area contributed by atoms with Crippen LogP contribution in [0.5, 0.6) is 0 Å². The van der Waals surface area contributed by atoms with Gasteiger partial charge < -0.3 is 10.5 Å². The third-order valence-electron chi connectivity index (χ3n) is 3.24. The number of ether oxygens (including phenoxy) is 1. The number of thiocarbonyl (C=S) groups is 1. The molecule has 0 fully saturated rings. The Morgan fingerprint density at radius 3 is 2.89 bits per heavy atom. The molecule has 19 heavy (non-hydrogen) atoms. The Bertz CT molecular complexity index is 395. The van der Waals surface area contributed by atoms with Crippen LogP contribution in [0.3, 0.4) is 0 Å². The van der Waals surface area contributed by atoms with Crippen LogP contribution in [0.25, 0.3) is 0 Å². The van der Waals surface area contributed by atoms with Crippen molar-refractivity contribution in [2.45, 2.75) is 46.1 Å². The molecular weight excluding hydrogens is 256 g/mol. The molecule has 0 aliphatic carbocycles. The predicted molar refractivity (Wildman–Crippen MR) is 83.1 cm³/mol. The molecular formula is C15H24N2OS. The van der Waals surface area contributed by atoms with Gasteiger partial charge in [0.15, 0.2) is 0 Å². The van der Waals surface area contributed by atoms with Crippen molar-refractivity contribution in [3.63, 3.8) is 0 Å². The smallest absolute Gasteiger partial charge is 0.122 e. The lowest BCUT2D eigenvalue weighted by Crippen LogP contribution is -2.12. The van der Waals surface area contributed by atoms with E-state index in [-0.39, 0.29) is 0 Å². The van der Waals surface area contributed by atoms with Gasteiger partial charge in [-0.3, -0.25) is 4.98 Å². The van der Waals surface area contributed by atoms with E-state index in [1.54, 1.807) is 6.20 Å².